The molecule has 1 saturated carbocycles. The molecule has 1 aliphatic rings. The summed E-state index contributed by atoms with van der Waals surface area (Å²) in [5, 5.41) is 1.36. The van der Waals surface area contributed by atoms with Gasteiger partial charge in [-0.2, -0.15) is 0 Å². The molecular formula is C18H25N3S. The fourth-order valence-corrected chi connectivity index (χ4v) is 4.32. The molecule has 2 aromatic rings. The van der Waals surface area contributed by atoms with Crippen LogP contribution in [0.15, 0.2) is 30.6 Å². The molecule has 3 rings (SSSR count). The molecule has 22 heavy (non-hydrogen) atoms. The minimum atomic E-state index is 0.321. The monoisotopic (exact) mass is 315 g/mol. The van der Waals surface area contributed by atoms with Gasteiger partial charge in [-0.1, -0.05) is 25.3 Å². The molecule has 2 heterocycles. The number of hydrogen-bond donors (Lipinski definition) is 0. The first-order valence-corrected chi connectivity index (χ1v) is 9.11. The Kier molecular flexibility index (Phi) is 5.21. The molecule has 0 bridgehead atoms. The van der Waals surface area contributed by atoms with Crippen molar-refractivity contribution in [3.63, 3.8) is 0 Å². The van der Waals surface area contributed by atoms with Gasteiger partial charge in [-0.05, 0) is 38.9 Å². The normalized spacial score (nSPS) is 17.8. The molecule has 118 valence electrons. The maximum Gasteiger partial charge on any atom is 0.0959 e. The Balaban J connectivity index is 1.62. The van der Waals surface area contributed by atoms with E-state index in [1.165, 1.54) is 42.0 Å². The Bertz CT molecular complexity index is 575. The number of rotatable bonds is 5. The second kappa shape index (κ2) is 7.34. The first kappa shape index (κ1) is 15.6. The fourth-order valence-electron chi connectivity index (χ4n) is 3.17. The van der Waals surface area contributed by atoms with E-state index in [2.05, 4.69) is 42.2 Å². The van der Waals surface area contributed by atoms with E-state index in [0.717, 1.165) is 12.2 Å². The number of aromatic nitrogens is 2. The van der Waals surface area contributed by atoms with Gasteiger partial charge in [0.15, 0.2) is 0 Å². The molecule has 0 saturated heterocycles. The van der Waals surface area contributed by atoms with Crippen molar-refractivity contribution < 1.29 is 0 Å². The SMILES string of the molecule is C[C@H](c1ccccn1)N(C)Cc1cnc(C2CCCCC2)s1. The highest BCUT2D eigenvalue weighted by Crippen LogP contribution is 2.35. The van der Waals surface area contributed by atoms with Gasteiger partial charge in [0.1, 0.15) is 0 Å². The van der Waals surface area contributed by atoms with E-state index in [1.54, 1.807) is 0 Å². The summed E-state index contributed by atoms with van der Waals surface area (Å²) >= 11 is 1.91. The summed E-state index contributed by atoms with van der Waals surface area (Å²) < 4.78 is 0. The predicted octanol–water partition coefficient (Wildman–Crippen LogP) is 4.78. The van der Waals surface area contributed by atoms with E-state index < -0.39 is 0 Å². The highest BCUT2D eigenvalue weighted by molar-refractivity contribution is 7.11. The van der Waals surface area contributed by atoms with E-state index in [0.29, 0.717) is 12.0 Å². The molecular weight excluding hydrogens is 290 g/mol. The third-order valence-corrected chi connectivity index (χ3v) is 5.85. The minimum Gasteiger partial charge on any atom is -0.293 e. The smallest absolute Gasteiger partial charge is 0.0959 e. The molecule has 0 radical (unpaired) electrons. The Morgan fingerprint density at radius 2 is 2.05 bits per heavy atom. The van der Waals surface area contributed by atoms with E-state index in [9.17, 15) is 0 Å². The number of nitrogens with zero attached hydrogens (tertiary/aromatic N) is 3. The molecule has 2 aromatic heterocycles. The van der Waals surface area contributed by atoms with Crippen LogP contribution in [-0.4, -0.2) is 21.9 Å². The van der Waals surface area contributed by atoms with Gasteiger partial charge >= 0.3 is 0 Å². The molecule has 0 aliphatic heterocycles. The van der Waals surface area contributed by atoms with Crippen LogP contribution in [0, 0.1) is 0 Å². The summed E-state index contributed by atoms with van der Waals surface area (Å²) in [5.41, 5.74) is 1.13. The molecule has 0 unspecified atom stereocenters. The first-order valence-electron chi connectivity index (χ1n) is 8.30. The topological polar surface area (TPSA) is 29.0 Å². The lowest BCUT2D eigenvalue weighted by Crippen LogP contribution is -2.22. The zero-order valence-electron chi connectivity index (χ0n) is 13.5. The van der Waals surface area contributed by atoms with Gasteiger partial charge < -0.3 is 0 Å². The molecule has 0 N–H and O–H groups in total. The van der Waals surface area contributed by atoms with Crippen LogP contribution in [0.2, 0.25) is 0 Å². The van der Waals surface area contributed by atoms with Crippen molar-refractivity contribution in [3.05, 3.63) is 46.2 Å². The van der Waals surface area contributed by atoms with Crippen LogP contribution in [0.4, 0.5) is 0 Å². The Morgan fingerprint density at radius 1 is 1.23 bits per heavy atom. The maximum absolute atomic E-state index is 4.70. The lowest BCUT2D eigenvalue weighted by molar-refractivity contribution is 0.250. The van der Waals surface area contributed by atoms with Crippen molar-refractivity contribution in [2.24, 2.45) is 0 Å². The lowest BCUT2D eigenvalue weighted by atomic mass is 9.90. The standard InChI is InChI=1S/C18H25N3S/c1-14(17-10-6-7-11-19-17)21(2)13-16-12-20-18(22-16)15-8-4-3-5-9-15/h6-7,10-12,14-15H,3-5,8-9,13H2,1-2H3/t14-/m1/s1. The van der Waals surface area contributed by atoms with Crippen LogP contribution in [0.3, 0.4) is 0 Å². The molecule has 1 aliphatic carbocycles. The van der Waals surface area contributed by atoms with Crippen LogP contribution in [0.5, 0.6) is 0 Å². The molecule has 1 atom stereocenters. The third-order valence-electron chi connectivity index (χ3n) is 4.71. The van der Waals surface area contributed by atoms with E-state index in [1.807, 2.05) is 23.6 Å². The Labute approximate surface area is 137 Å². The zero-order chi connectivity index (χ0) is 15.4. The van der Waals surface area contributed by atoms with E-state index in [-0.39, 0.29) is 0 Å². The van der Waals surface area contributed by atoms with Crippen LogP contribution >= 0.6 is 11.3 Å². The largest absolute Gasteiger partial charge is 0.293 e. The second-order valence-corrected chi connectivity index (χ2v) is 7.49. The van der Waals surface area contributed by atoms with Gasteiger partial charge in [-0.25, -0.2) is 4.98 Å². The third kappa shape index (κ3) is 3.73. The zero-order valence-corrected chi connectivity index (χ0v) is 14.4. The van der Waals surface area contributed by atoms with Crippen LogP contribution in [-0.2, 0) is 6.54 Å². The molecule has 4 heteroatoms. The predicted molar refractivity (Wildman–Crippen MR) is 92.1 cm³/mol. The van der Waals surface area contributed by atoms with E-state index >= 15 is 0 Å². The van der Waals surface area contributed by atoms with Crippen LogP contribution in [0.1, 0.15) is 66.6 Å². The van der Waals surface area contributed by atoms with Gasteiger partial charge in [0.25, 0.3) is 0 Å². The maximum atomic E-state index is 4.70. The Morgan fingerprint density at radius 3 is 2.77 bits per heavy atom. The average Bonchev–Trinajstić information content (AvgIpc) is 3.04. The molecule has 0 aromatic carbocycles. The molecule has 3 nitrogen and oxygen atoms in total. The van der Waals surface area contributed by atoms with Gasteiger partial charge in [0.2, 0.25) is 0 Å². The number of pyridine rings is 1. The number of hydrogen-bond acceptors (Lipinski definition) is 4. The summed E-state index contributed by atoms with van der Waals surface area (Å²) in [6.07, 6.45) is 10.7. The van der Waals surface area contributed by atoms with Crippen molar-refractivity contribution in [2.45, 2.75) is 57.5 Å². The minimum absolute atomic E-state index is 0.321. The quantitative estimate of drug-likeness (QED) is 0.795. The van der Waals surface area contributed by atoms with Crippen molar-refractivity contribution >= 4 is 11.3 Å². The Hall–Kier alpha value is -1.26. The summed E-state index contributed by atoms with van der Waals surface area (Å²) in [4.78, 5) is 12.9. The molecule has 0 amide bonds. The fraction of sp³-hybridized carbons (Fsp3) is 0.556. The average molecular weight is 315 g/mol. The van der Waals surface area contributed by atoms with Crippen molar-refractivity contribution in [2.75, 3.05) is 7.05 Å². The van der Waals surface area contributed by atoms with Gasteiger partial charge in [-0.3, -0.25) is 9.88 Å². The highest BCUT2D eigenvalue weighted by atomic mass is 32.1. The van der Waals surface area contributed by atoms with Crippen LogP contribution in [0.25, 0.3) is 0 Å². The summed E-state index contributed by atoms with van der Waals surface area (Å²) in [6.45, 7) is 3.16. The molecule has 0 spiro atoms. The first-order chi connectivity index (χ1) is 10.7. The van der Waals surface area contributed by atoms with Gasteiger partial charge in [0.05, 0.1) is 10.7 Å². The van der Waals surface area contributed by atoms with Gasteiger partial charge in [-0.15, -0.1) is 11.3 Å². The summed E-state index contributed by atoms with van der Waals surface area (Å²) in [7, 11) is 2.17. The van der Waals surface area contributed by atoms with Crippen molar-refractivity contribution in [1.82, 2.24) is 14.9 Å². The second-order valence-electron chi connectivity index (χ2n) is 6.35. The van der Waals surface area contributed by atoms with Crippen molar-refractivity contribution in [3.8, 4) is 0 Å². The summed E-state index contributed by atoms with van der Waals surface area (Å²) in [6, 6.07) is 6.44. The van der Waals surface area contributed by atoms with E-state index in [4.69, 9.17) is 4.98 Å². The van der Waals surface area contributed by atoms with Gasteiger partial charge in [0, 0.05) is 35.8 Å². The number of thiazole rings is 1. The van der Waals surface area contributed by atoms with Crippen molar-refractivity contribution in [1.29, 1.82) is 0 Å². The van der Waals surface area contributed by atoms with Crippen LogP contribution < -0.4 is 0 Å². The highest BCUT2D eigenvalue weighted by Gasteiger charge is 2.20. The summed E-state index contributed by atoms with van der Waals surface area (Å²) in [5.74, 6) is 0.714. The molecule has 1 fully saturated rings. The lowest BCUT2D eigenvalue weighted by Gasteiger charge is -2.23.